The molecule has 0 aliphatic carbocycles. The van der Waals surface area contributed by atoms with E-state index in [2.05, 4.69) is 23.6 Å². The van der Waals surface area contributed by atoms with Gasteiger partial charge in [-0.15, -0.1) is 0 Å². The number of carbonyl (C=O) groups is 1. The van der Waals surface area contributed by atoms with E-state index in [1.54, 1.807) is 6.07 Å². The van der Waals surface area contributed by atoms with Crippen LogP contribution in [0, 0.1) is 0 Å². The van der Waals surface area contributed by atoms with Crippen molar-refractivity contribution in [3.8, 4) is 0 Å². The van der Waals surface area contributed by atoms with Gasteiger partial charge in [-0.25, -0.2) is 4.79 Å². The summed E-state index contributed by atoms with van der Waals surface area (Å²) in [7, 11) is 0. The first-order valence-electron chi connectivity index (χ1n) is 6.41. The number of aromatic carboxylic acids is 1. The second-order valence-corrected chi connectivity index (χ2v) is 4.65. The molecular weight excluding hydrogens is 232 g/mol. The second kappa shape index (κ2) is 5.54. The largest absolute Gasteiger partial charge is 0.475 e. The van der Waals surface area contributed by atoms with E-state index in [9.17, 15) is 4.79 Å². The second-order valence-electron chi connectivity index (χ2n) is 4.65. The number of hydrogen-bond acceptors (Lipinski definition) is 4. The van der Waals surface area contributed by atoms with E-state index in [1.807, 2.05) is 0 Å². The highest BCUT2D eigenvalue weighted by Gasteiger charge is 2.23. The third-order valence-electron chi connectivity index (χ3n) is 3.65. The quantitative estimate of drug-likeness (QED) is 0.883. The summed E-state index contributed by atoms with van der Waals surface area (Å²) in [4.78, 5) is 15.5. The van der Waals surface area contributed by atoms with Crippen LogP contribution in [-0.4, -0.2) is 53.6 Å². The van der Waals surface area contributed by atoms with E-state index in [1.165, 1.54) is 6.07 Å². The van der Waals surface area contributed by atoms with Crippen molar-refractivity contribution >= 4 is 5.97 Å². The molecule has 2 heterocycles. The van der Waals surface area contributed by atoms with Gasteiger partial charge in [0.05, 0.1) is 6.04 Å². The number of nitrogens with zero attached hydrogens (tertiary/aromatic N) is 2. The van der Waals surface area contributed by atoms with Crippen molar-refractivity contribution in [1.82, 2.24) is 9.80 Å². The summed E-state index contributed by atoms with van der Waals surface area (Å²) in [6.45, 7) is 9.44. The van der Waals surface area contributed by atoms with Crippen molar-refractivity contribution in [3.05, 3.63) is 23.7 Å². The van der Waals surface area contributed by atoms with Gasteiger partial charge in [0.15, 0.2) is 0 Å². The van der Waals surface area contributed by atoms with Crippen LogP contribution in [0.15, 0.2) is 16.5 Å². The Morgan fingerprint density at radius 1 is 1.39 bits per heavy atom. The first-order chi connectivity index (χ1) is 8.61. The molecule has 2 rings (SSSR count). The van der Waals surface area contributed by atoms with Gasteiger partial charge in [-0.2, -0.15) is 0 Å². The topological polar surface area (TPSA) is 56.9 Å². The summed E-state index contributed by atoms with van der Waals surface area (Å²) in [5.41, 5.74) is 0. The molecule has 1 N–H and O–H groups in total. The maximum atomic E-state index is 10.8. The lowest BCUT2D eigenvalue weighted by Gasteiger charge is -2.36. The van der Waals surface area contributed by atoms with E-state index in [0.717, 1.165) is 38.5 Å². The first kappa shape index (κ1) is 13.1. The Morgan fingerprint density at radius 2 is 2.06 bits per heavy atom. The number of rotatable bonds is 4. The molecule has 0 aromatic carbocycles. The Balaban J connectivity index is 1.98. The maximum absolute atomic E-state index is 10.8. The fourth-order valence-corrected chi connectivity index (χ4v) is 2.34. The summed E-state index contributed by atoms with van der Waals surface area (Å²) >= 11 is 0. The van der Waals surface area contributed by atoms with Crippen molar-refractivity contribution in [1.29, 1.82) is 0 Å². The average Bonchev–Trinajstić information content (AvgIpc) is 2.88. The van der Waals surface area contributed by atoms with Gasteiger partial charge in [0.1, 0.15) is 5.76 Å². The lowest BCUT2D eigenvalue weighted by molar-refractivity contribution is 0.0648. The minimum Gasteiger partial charge on any atom is -0.475 e. The van der Waals surface area contributed by atoms with Crippen LogP contribution in [0.25, 0.3) is 0 Å². The lowest BCUT2D eigenvalue weighted by atomic mass is 10.2. The zero-order valence-corrected chi connectivity index (χ0v) is 10.9. The molecule has 1 aliphatic rings. The Labute approximate surface area is 107 Å². The SMILES string of the molecule is CCN1CCN(C(C)c2ccc(C(=O)O)o2)CC1. The summed E-state index contributed by atoms with van der Waals surface area (Å²) in [5, 5.41) is 8.84. The molecule has 1 aromatic heterocycles. The monoisotopic (exact) mass is 252 g/mol. The van der Waals surface area contributed by atoms with Gasteiger partial charge in [-0.1, -0.05) is 6.92 Å². The van der Waals surface area contributed by atoms with Crippen molar-refractivity contribution in [3.63, 3.8) is 0 Å². The smallest absolute Gasteiger partial charge is 0.371 e. The Hall–Kier alpha value is -1.33. The number of likely N-dealkylation sites (N-methyl/N-ethyl adjacent to an activating group) is 1. The molecule has 100 valence electrons. The van der Waals surface area contributed by atoms with E-state index in [-0.39, 0.29) is 11.8 Å². The molecule has 0 saturated carbocycles. The van der Waals surface area contributed by atoms with E-state index >= 15 is 0 Å². The van der Waals surface area contributed by atoms with Crippen LogP contribution in [0.4, 0.5) is 0 Å². The van der Waals surface area contributed by atoms with Crippen LogP contribution >= 0.6 is 0 Å². The van der Waals surface area contributed by atoms with Crippen LogP contribution in [0.1, 0.15) is 36.2 Å². The summed E-state index contributed by atoms with van der Waals surface area (Å²) in [6, 6.07) is 3.42. The van der Waals surface area contributed by atoms with Gasteiger partial charge >= 0.3 is 5.97 Å². The molecule has 5 nitrogen and oxygen atoms in total. The molecule has 1 atom stereocenters. The van der Waals surface area contributed by atoms with Crippen LogP contribution in [0.5, 0.6) is 0 Å². The van der Waals surface area contributed by atoms with Crippen LogP contribution < -0.4 is 0 Å². The fourth-order valence-electron chi connectivity index (χ4n) is 2.34. The van der Waals surface area contributed by atoms with Crippen molar-refractivity contribution in [2.75, 3.05) is 32.7 Å². The number of carboxylic acid groups (broad SMARTS) is 1. The van der Waals surface area contributed by atoms with Gasteiger partial charge in [0, 0.05) is 26.2 Å². The highest BCUT2D eigenvalue weighted by atomic mass is 16.4. The standard InChI is InChI=1S/C13H20N2O3/c1-3-14-6-8-15(9-7-14)10(2)11-4-5-12(18-11)13(16)17/h4-5,10H,3,6-9H2,1-2H3,(H,16,17). The summed E-state index contributed by atoms with van der Waals surface area (Å²) < 4.78 is 5.36. The van der Waals surface area contributed by atoms with Gasteiger partial charge in [0.2, 0.25) is 5.76 Å². The van der Waals surface area contributed by atoms with Crippen molar-refractivity contribution in [2.45, 2.75) is 19.9 Å². The van der Waals surface area contributed by atoms with Gasteiger partial charge < -0.3 is 14.4 Å². The fraction of sp³-hybridized carbons (Fsp3) is 0.615. The molecule has 18 heavy (non-hydrogen) atoms. The normalized spacial score (nSPS) is 19.9. The Morgan fingerprint density at radius 3 is 2.56 bits per heavy atom. The molecule has 5 heteroatoms. The molecule has 1 saturated heterocycles. The number of piperazine rings is 1. The van der Waals surface area contributed by atoms with Crippen LogP contribution in [0.2, 0.25) is 0 Å². The molecule has 0 spiro atoms. The summed E-state index contributed by atoms with van der Waals surface area (Å²) in [5.74, 6) is -0.259. The predicted octanol–water partition coefficient (Wildman–Crippen LogP) is 1.68. The highest BCUT2D eigenvalue weighted by Crippen LogP contribution is 2.23. The van der Waals surface area contributed by atoms with E-state index in [4.69, 9.17) is 9.52 Å². The Kier molecular flexibility index (Phi) is 4.04. The summed E-state index contributed by atoms with van der Waals surface area (Å²) in [6.07, 6.45) is 0. The minimum absolute atomic E-state index is 0.0176. The molecule has 1 unspecified atom stereocenters. The zero-order chi connectivity index (χ0) is 13.1. The van der Waals surface area contributed by atoms with Crippen molar-refractivity contribution in [2.24, 2.45) is 0 Å². The predicted molar refractivity (Wildman–Crippen MR) is 67.8 cm³/mol. The number of furan rings is 1. The van der Waals surface area contributed by atoms with E-state index < -0.39 is 5.97 Å². The average molecular weight is 252 g/mol. The van der Waals surface area contributed by atoms with Crippen LogP contribution in [-0.2, 0) is 0 Å². The molecule has 1 aliphatic heterocycles. The number of hydrogen-bond donors (Lipinski definition) is 1. The molecule has 0 bridgehead atoms. The van der Waals surface area contributed by atoms with Gasteiger partial charge in [-0.05, 0) is 25.6 Å². The first-order valence-corrected chi connectivity index (χ1v) is 6.41. The van der Waals surface area contributed by atoms with Gasteiger partial charge in [0.25, 0.3) is 0 Å². The van der Waals surface area contributed by atoms with Crippen LogP contribution in [0.3, 0.4) is 0 Å². The highest BCUT2D eigenvalue weighted by molar-refractivity contribution is 5.84. The molecule has 1 fully saturated rings. The third-order valence-corrected chi connectivity index (χ3v) is 3.65. The van der Waals surface area contributed by atoms with Crippen molar-refractivity contribution < 1.29 is 14.3 Å². The third kappa shape index (κ3) is 2.73. The zero-order valence-electron chi connectivity index (χ0n) is 10.9. The Bertz CT molecular complexity index is 408. The van der Waals surface area contributed by atoms with Gasteiger partial charge in [-0.3, -0.25) is 4.90 Å². The molecule has 0 radical (unpaired) electrons. The van der Waals surface area contributed by atoms with E-state index in [0.29, 0.717) is 0 Å². The molecular formula is C13H20N2O3. The molecule has 1 aromatic rings. The molecule has 0 amide bonds. The number of carboxylic acids is 1. The maximum Gasteiger partial charge on any atom is 0.371 e. The lowest BCUT2D eigenvalue weighted by Crippen LogP contribution is -2.46. The minimum atomic E-state index is -1.01.